The Labute approximate surface area is 104 Å². The average Bonchev–Trinajstić information content (AvgIpc) is 2.27. The van der Waals surface area contributed by atoms with Crippen molar-refractivity contribution in [3.63, 3.8) is 0 Å². The molecule has 0 heterocycles. The summed E-state index contributed by atoms with van der Waals surface area (Å²) in [5, 5.41) is 2.25. The molecule has 0 fully saturated rings. The molecular formula is C10H13FN2O4S. The van der Waals surface area contributed by atoms with E-state index in [2.05, 4.69) is 10.1 Å². The van der Waals surface area contributed by atoms with E-state index in [1.807, 2.05) is 0 Å². The Bertz CT molecular complexity index is 559. The highest BCUT2D eigenvalue weighted by molar-refractivity contribution is 7.92. The Morgan fingerprint density at radius 1 is 1.44 bits per heavy atom. The van der Waals surface area contributed by atoms with Crippen molar-refractivity contribution in [2.75, 3.05) is 30.0 Å². The van der Waals surface area contributed by atoms with Gasteiger partial charge in [-0.25, -0.2) is 17.6 Å². The highest BCUT2D eigenvalue weighted by Crippen LogP contribution is 2.27. The molecule has 0 aliphatic heterocycles. The minimum atomic E-state index is -3.51. The molecule has 0 radical (unpaired) electrons. The maximum absolute atomic E-state index is 13.1. The van der Waals surface area contributed by atoms with Gasteiger partial charge in [0.05, 0.1) is 24.7 Å². The van der Waals surface area contributed by atoms with E-state index in [9.17, 15) is 17.6 Å². The predicted molar refractivity (Wildman–Crippen MR) is 65.7 cm³/mol. The van der Waals surface area contributed by atoms with Crippen LogP contribution < -0.4 is 9.62 Å². The fraction of sp³-hybridized carbons (Fsp3) is 0.300. The normalized spacial score (nSPS) is 10.9. The third-order valence-electron chi connectivity index (χ3n) is 2.22. The molecule has 1 N–H and O–H groups in total. The van der Waals surface area contributed by atoms with Crippen molar-refractivity contribution in [2.45, 2.75) is 0 Å². The third-order valence-corrected chi connectivity index (χ3v) is 3.41. The molecule has 0 saturated carbocycles. The number of carbonyl (C=O) groups is 1. The highest BCUT2D eigenvalue weighted by Gasteiger charge is 2.17. The number of ether oxygens (including phenoxy) is 1. The maximum atomic E-state index is 13.1. The van der Waals surface area contributed by atoms with Crippen LogP contribution in [0.1, 0.15) is 0 Å². The molecule has 18 heavy (non-hydrogen) atoms. The molecule has 1 rings (SSSR count). The number of anilines is 2. The van der Waals surface area contributed by atoms with Crippen LogP contribution in [0.5, 0.6) is 0 Å². The molecule has 8 heteroatoms. The number of carbonyl (C=O) groups excluding carboxylic acids is 1. The zero-order valence-corrected chi connectivity index (χ0v) is 10.9. The Morgan fingerprint density at radius 2 is 2.06 bits per heavy atom. The van der Waals surface area contributed by atoms with Gasteiger partial charge in [0, 0.05) is 7.05 Å². The molecule has 0 bridgehead atoms. The van der Waals surface area contributed by atoms with Gasteiger partial charge in [-0.1, -0.05) is 0 Å². The highest BCUT2D eigenvalue weighted by atomic mass is 32.2. The summed E-state index contributed by atoms with van der Waals surface area (Å²) in [4.78, 5) is 11.1. The van der Waals surface area contributed by atoms with E-state index in [-0.39, 0.29) is 11.4 Å². The maximum Gasteiger partial charge on any atom is 0.411 e. The van der Waals surface area contributed by atoms with Crippen molar-refractivity contribution < 1.29 is 22.3 Å². The van der Waals surface area contributed by atoms with E-state index < -0.39 is 21.9 Å². The molecule has 0 saturated heterocycles. The smallest absolute Gasteiger partial charge is 0.411 e. The lowest BCUT2D eigenvalue weighted by Gasteiger charge is -2.20. The lowest BCUT2D eigenvalue weighted by atomic mass is 10.2. The summed E-state index contributed by atoms with van der Waals surface area (Å²) in [5.41, 5.74) is 0.152. The number of amides is 1. The second-order valence-electron chi connectivity index (χ2n) is 3.51. The van der Waals surface area contributed by atoms with Gasteiger partial charge in [-0.05, 0) is 18.2 Å². The van der Waals surface area contributed by atoms with E-state index >= 15 is 0 Å². The van der Waals surface area contributed by atoms with E-state index in [4.69, 9.17) is 0 Å². The van der Waals surface area contributed by atoms with Crippen LogP contribution in [0.25, 0.3) is 0 Å². The largest absolute Gasteiger partial charge is 0.453 e. The third kappa shape index (κ3) is 3.33. The van der Waals surface area contributed by atoms with Crippen LogP contribution in [-0.4, -0.2) is 34.9 Å². The predicted octanol–water partition coefficient (Wildman–Crippen LogP) is 1.40. The molecular weight excluding hydrogens is 263 g/mol. The first kappa shape index (κ1) is 14.2. The number of hydrogen-bond acceptors (Lipinski definition) is 4. The number of sulfonamides is 1. The summed E-state index contributed by atoms with van der Waals surface area (Å²) >= 11 is 0. The van der Waals surface area contributed by atoms with Crippen molar-refractivity contribution in [1.82, 2.24) is 0 Å². The van der Waals surface area contributed by atoms with Gasteiger partial charge in [0.25, 0.3) is 0 Å². The van der Waals surface area contributed by atoms with Crippen LogP contribution in [0.3, 0.4) is 0 Å². The minimum Gasteiger partial charge on any atom is -0.453 e. The Balaban J connectivity index is 3.23. The van der Waals surface area contributed by atoms with Gasteiger partial charge in [0.15, 0.2) is 0 Å². The number of benzene rings is 1. The van der Waals surface area contributed by atoms with Gasteiger partial charge < -0.3 is 4.74 Å². The Morgan fingerprint density at radius 3 is 2.56 bits per heavy atom. The SMILES string of the molecule is COC(=O)Nc1cc(F)ccc1N(C)S(C)(=O)=O. The molecule has 100 valence electrons. The van der Waals surface area contributed by atoms with E-state index in [0.29, 0.717) is 0 Å². The first-order valence-corrected chi connectivity index (χ1v) is 6.69. The van der Waals surface area contributed by atoms with Gasteiger partial charge in [-0.3, -0.25) is 9.62 Å². The van der Waals surface area contributed by atoms with Crippen LogP contribution >= 0.6 is 0 Å². The van der Waals surface area contributed by atoms with Crippen molar-refractivity contribution in [3.05, 3.63) is 24.0 Å². The lowest BCUT2D eigenvalue weighted by molar-refractivity contribution is 0.187. The van der Waals surface area contributed by atoms with Crippen molar-refractivity contribution in [3.8, 4) is 0 Å². The van der Waals surface area contributed by atoms with E-state index in [1.165, 1.54) is 13.1 Å². The number of rotatable bonds is 3. The zero-order chi connectivity index (χ0) is 13.9. The molecule has 0 aromatic heterocycles. The van der Waals surface area contributed by atoms with Gasteiger partial charge in [0.2, 0.25) is 10.0 Å². The van der Waals surface area contributed by atoms with Crippen LogP contribution in [0, 0.1) is 5.82 Å². The molecule has 0 aliphatic carbocycles. The summed E-state index contributed by atoms with van der Waals surface area (Å²) in [7, 11) is -1.07. The van der Waals surface area contributed by atoms with Crippen LogP contribution in [0.15, 0.2) is 18.2 Å². The standard InChI is InChI=1S/C10H13FN2O4S/c1-13(18(3,15)16)9-5-4-7(11)6-8(9)12-10(14)17-2/h4-6H,1-3H3,(H,12,14). The average molecular weight is 276 g/mol. The van der Waals surface area contributed by atoms with Gasteiger partial charge >= 0.3 is 6.09 Å². The minimum absolute atomic E-state index is 0.00905. The lowest BCUT2D eigenvalue weighted by Crippen LogP contribution is -2.26. The summed E-state index contributed by atoms with van der Waals surface area (Å²) in [5.74, 6) is -0.605. The number of methoxy groups -OCH3 is 1. The molecule has 1 amide bonds. The summed E-state index contributed by atoms with van der Waals surface area (Å²) in [6.07, 6.45) is 0.182. The van der Waals surface area contributed by atoms with Crippen molar-refractivity contribution >= 4 is 27.5 Å². The Kier molecular flexibility index (Phi) is 4.12. The van der Waals surface area contributed by atoms with Gasteiger partial charge in [-0.2, -0.15) is 0 Å². The van der Waals surface area contributed by atoms with Gasteiger partial charge in [-0.15, -0.1) is 0 Å². The molecule has 1 aromatic rings. The van der Waals surface area contributed by atoms with Gasteiger partial charge in [0.1, 0.15) is 5.82 Å². The van der Waals surface area contributed by atoms with Crippen molar-refractivity contribution in [2.24, 2.45) is 0 Å². The molecule has 0 unspecified atom stereocenters. The zero-order valence-electron chi connectivity index (χ0n) is 10.1. The molecule has 0 atom stereocenters. The summed E-state index contributed by atoms with van der Waals surface area (Å²) in [6, 6.07) is 3.36. The first-order valence-electron chi connectivity index (χ1n) is 4.84. The quantitative estimate of drug-likeness (QED) is 0.905. The molecule has 1 aromatic carbocycles. The first-order chi connectivity index (χ1) is 8.25. The second-order valence-corrected chi connectivity index (χ2v) is 5.52. The van der Waals surface area contributed by atoms with Crippen LogP contribution in [-0.2, 0) is 14.8 Å². The molecule has 0 spiro atoms. The monoisotopic (exact) mass is 276 g/mol. The Hall–Kier alpha value is -1.83. The van der Waals surface area contributed by atoms with E-state index in [0.717, 1.165) is 29.8 Å². The van der Waals surface area contributed by atoms with Crippen LogP contribution in [0.2, 0.25) is 0 Å². The fourth-order valence-electron chi connectivity index (χ4n) is 1.22. The van der Waals surface area contributed by atoms with Crippen molar-refractivity contribution in [1.29, 1.82) is 0 Å². The summed E-state index contributed by atoms with van der Waals surface area (Å²) < 4.78 is 41.2. The molecule has 0 aliphatic rings. The number of nitrogens with one attached hydrogen (secondary N) is 1. The fourth-order valence-corrected chi connectivity index (χ4v) is 1.74. The van der Waals surface area contributed by atoms with Crippen LogP contribution in [0.4, 0.5) is 20.6 Å². The second kappa shape index (κ2) is 5.21. The summed E-state index contributed by atoms with van der Waals surface area (Å²) in [6.45, 7) is 0. The number of halogens is 1. The topological polar surface area (TPSA) is 75.7 Å². The number of hydrogen-bond donors (Lipinski definition) is 1. The molecule has 6 nitrogen and oxygen atoms in total. The van der Waals surface area contributed by atoms with E-state index in [1.54, 1.807) is 0 Å². The number of nitrogens with zero attached hydrogens (tertiary/aromatic N) is 1.